The summed E-state index contributed by atoms with van der Waals surface area (Å²) in [5.41, 5.74) is 7.18. The van der Waals surface area contributed by atoms with Crippen LogP contribution >= 0.6 is 0 Å². The van der Waals surface area contributed by atoms with Gasteiger partial charge in [-0.3, -0.25) is 9.78 Å². The molecule has 132 valence electrons. The number of nitrogens with one attached hydrogen (secondary N) is 1. The Bertz CT molecular complexity index is 1010. The minimum absolute atomic E-state index is 0.0490. The van der Waals surface area contributed by atoms with Gasteiger partial charge in [0.15, 0.2) is 11.5 Å². The molecule has 2 heterocycles. The molecule has 0 spiro atoms. The maximum absolute atomic E-state index is 12.1. The Balaban J connectivity index is 2.26. The number of anilines is 1. The van der Waals surface area contributed by atoms with Crippen LogP contribution in [0.4, 0.5) is 5.69 Å². The molecule has 0 amide bonds. The molecule has 1 atom stereocenters. The zero-order valence-electron chi connectivity index (χ0n) is 13.7. The fraction of sp³-hybridized carbons (Fsp3) is 0.375. The summed E-state index contributed by atoms with van der Waals surface area (Å²) in [5, 5.41) is 18.8. The Morgan fingerprint density at radius 1 is 1.28 bits per heavy atom. The van der Waals surface area contributed by atoms with Crippen molar-refractivity contribution in [3.63, 3.8) is 0 Å². The first-order valence-corrected chi connectivity index (χ1v) is 7.90. The number of hydrogen-bond acceptors (Lipinski definition) is 7. The quantitative estimate of drug-likeness (QED) is 0.363. The van der Waals surface area contributed by atoms with Crippen molar-refractivity contribution in [3.8, 4) is 11.5 Å². The Kier molecular flexibility index (Phi) is 4.51. The molecule has 9 nitrogen and oxygen atoms in total. The van der Waals surface area contributed by atoms with Crippen molar-refractivity contribution in [3.05, 3.63) is 38.5 Å². The van der Waals surface area contributed by atoms with Crippen LogP contribution in [0.25, 0.3) is 22.6 Å². The number of nitrogen functional groups attached to an aromatic ring is 1. The van der Waals surface area contributed by atoms with Gasteiger partial charge in [0, 0.05) is 18.8 Å². The molecule has 2 aliphatic heterocycles. The van der Waals surface area contributed by atoms with Crippen molar-refractivity contribution in [1.29, 1.82) is 0 Å². The van der Waals surface area contributed by atoms with Gasteiger partial charge in [0.1, 0.15) is 0 Å². The Labute approximate surface area is 142 Å². The molecule has 0 unspecified atom stereocenters. The molecule has 0 aromatic heterocycles. The van der Waals surface area contributed by atoms with E-state index in [0.29, 0.717) is 23.1 Å². The fourth-order valence-electron chi connectivity index (χ4n) is 2.76. The van der Waals surface area contributed by atoms with E-state index in [1.165, 1.54) is 0 Å². The molecule has 2 aliphatic rings. The summed E-state index contributed by atoms with van der Waals surface area (Å²) < 4.78 is 1.66. The normalized spacial score (nSPS) is 12.8. The number of aromatic nitrogens is 4. The lowest BCUT2D eigenvalue weighted by molar-refractivity contribution is 0.121. The smallest absolute Gasteiger partial charge is 0.349 e. The maximum atomic E-state index is 12.1. The molecule has 0 saturated heterocycles. The van der Waals surface area contributed by atoms with Crippen molar-refractivity contribution in [2.45, 2.75) is 32.4 Å². The van der Waals surface area contributed by atoms with E-state index in [1.807, 2.05) is 6.92 Å². The highest BCUT2D eigenvalue weighted by Gasteiger charge is 2.19. The number of rotatable bonds is 5. The van der Waals surface area contributed by atoms with Crippen molar-refractivity contribution in [2.24, 2.45) is 0 Å². The number of aliphatic hydroxyl groups excluding tert-OH is 2. The van der Waals surface area contributed by atoms with Gasteiger partial charge in [-0.15, -0.1) is 0 Å². The van der Waals surface area contributed by atoms with Gasteiger partial charge in [0.2, 0.25) is 0 Å². The minimum atomic E-state index is -0.761. The number of hydrogen-bond donors (Lipinski definition) is 4. The number of H-pyrrole nitrogens is 1. The van der Waals surface area contributed by atoms with Crippen LogP contribution in [-0.2, 0) is 6.54 Å². The van der Waals surface area contributed by atoms with E-state index < -0.39 is 17.4 Å². The van der Waals surface area contributed by atoms with E-state index in [0.717, 1.165) is 5.56 Å². The van der Waals surface area contributed by atoms with Gasteiger partial charge in [-0.2, -0.15) is 4.98 Å². The third kappa shape index (κ3) is 3.24. The van der Waals surface area contributed by atoms with E-state index in [-0.39, 0.29) is 31.1 Å². The van der Waals surface area contributed by atoms with E-state index >= 15 is 0 Å². The molecule has 0 bridgehead atoms. The molecule has 0 saturated carbocycles. The first-order chi connectivity index (χ1) is 11.9. The summed E-state index contributed by atoms with van der Waals surface area (Å²) in [7, 11) is 0. The molecular formula is C16H19N5O4. The standard InChI is InChI=1S/C16H19N5O4/c1-8-6-11-12(7-10(8)17)21(4-2-9(23)3-5-22)14-13(18-11)15(24)20-16(25)19-14/h6-7,9,22-23H,2-5,17H2,1H3,(H,20,24,25)/t9-/m0/s1. The predicted molar refractivity (Wildman–Crippen MR) is 92.5 cm³/mol. The lowest BCUT2D eigenvalue weighted by Gasteiger charge is -2.19. The van der Waals surface area contributed by atoms with Crippen LogP contribution in [-0.4, -0.2) is 42.4 Å². The topological polar surface area (TPSA) is 147 Å². The second-order valence-corrected chi connectivity index (χ2v) is 5.96. The molecule has 9 heteroatoms. The lowest BCUT2D eigenvalue weighted by atomic mass is 10.1. The summed E-state index contributed by atoms with van der Waals surface area (Å²) >= 11 is 0. The number of benzene rings is 1. The van der Waals surface area contributed by atoms with Gasteiger partial charge in [0.25, 0.3) is 5.56 Å². The highest BCUT2D eigenvalue weighted by Crippen LogP contribution is 2.25. The van der Waals surface area contributed by atoms with Crippen LogP contribution in [0.2, 0.25) is 0 Å². The average Bonchev–Trinajstić information content (AvgIpc) is 2.54. The third-order valence-corrected chi connectivity index (χ3v) is 4.14. The number of aryl methyl sites for hydroxylation is 2. The van der Waals surface area contributed by atoms with Crippen LogP contribution < -0.4 is 17.0 Å². The average molecular weight is 345 g/mol. The van der Waals surface area contributed by atoms with Crippen molar-refractivity contribution in [1.82, 2.24) is 19.5 Å². The monoisotopic (exact) mass is 345 g/mol. The van der Waals surface area contributed by atoms with E-state index in [4.69, 9.17) is 10.8 Å². The molecule has 0 aliphatic carbocycles. The van der Waals surface area contributed by atoms with Crippen molar-refractivity contribution >= 4 is 16.7 Å². The minimum Gasteiger partial charge on any atom is -0.398 e. The molecule has 1 aromatic rings. The summed E-state index contributed by atoms with van der Waals surface area (Å²) in [6, 6.07) is 3.47. The molecule has 0 fully saturated rings. The highest BCUT2D eigenvalue weighted by molar-refractivity contribution is 5.83. The zero-order chi connectivity index (χ0) is 18.1. The van der Waals surface area contributed by atoms with Gasteiger partial charge < -0.3 is 20.5 Å². The second-order valence-electron chi connectivity index (χ2n) is 5.96. The highest BCUT2D eigenvalue weighted by atomic mass is 16.3. The zero-order valence-corrected chi connectivity index (χ0v) is 13.7. The van der Waals surface area contributed by atoms with Gasteiger partial charge in [0.05, 0.1) is 17.1 Å². The number of nitrogens with zero attached hydrogens (tertiary/aromatic N) is 3. The van der Waals surface area contributed by atoms with Gasteiger partial charge in [-0.05, 0) is 37.5 Å². The Morgan fingerprint density at radius 3 is 2.76 bits per heavy atom. The van der Waals surface area contributed by atoms with Crippen molar-refractivity contribution in [2.75, 3.05) is 12.3 Å². The number of fused-ring (bicyclic) bond motifs is 2. The largest absolute Gasteiger partial charge is 0.398 e. The van der Waals surface area contributed by atoms with Gasteiger partial charge in [-0.1, -0.05) is 0 Å². The van der Waals surface area contributed by atoms with Crippen LogP contribution in [0.15, 0.2) is 21.7 Å². The first kappa shape index (κ1) is 17.1. The summed E-state index contributed by atoms with van der Waals surface area (Å²) in [6.45, 7) is 1.99. The number of nitrogens with two attached hydrogens (primary N) is 1. The SMILES string of the molecule is Cc1cc2nc3c(=O)[nH]c(=O)nc-3n(CC[C@H](O)CCO)c2cc1N. The first-order valence-electron chi connectivity index (χ1n) is 7.90. The van der Waals surface area contributed by atoms with Gasteiger partial charge >= 0.3 is 5.69 Å². The number of aliphatic hydroxyl groups is 2. The summed E-state index contributed by atoms with van der Waals surface area (Å²) in [4.78, 5) is 34.1. The van der Waals surface area contributed by atoms with Crippen molar-refractivity contribution < 1.29 is 10.2 Å². The maximum Gasteiger partial charge on any atom is 0.349 e. The fourth-order valence-corrected chi connectivity index (χ4v) is 2.76. The summed E-state index contributed by atoms with van der Waals surface area (Å²) in [5.74, 6) is 0.140. The van der Waals surface area contributed by atoms with E-state index in [9.17, 15) is 14.7 Å². The lowest BCUT2D eigenvalue weighted by Crippen LogP contribution is -2.29. The van der Waals surface area contributed by atoms with Crippen LogP contribution in [0.5, 0.6) is 0 Å². The van der Waals surface area contributed by atoms with Crippen LogP contribution in [0.1, 0.15) is 18.4 Å². The number of aromatic amines is 1. The molecular weight excluding hydrogens is 326 g/mol. The molecule has 25 heavy (non-hydrogen) atoms. The van der Waals surface area contributed by atoms with Crippen LogP contribution in [0, 0.1) is 6.92 Å². The third-order valence-electron chi connectivity index (χ3n) is 4.14. The Morgan fingerprint density at radius 2 is 2.04 bits per heavy atom. The van der Waals surface area contributed by atoms with E-state index in [1.54, 1.807) is 16.7 Å². The molecule has 5 N–H and O–H groups in total. The molecule has 0 radical (unpaired) electrons. The van der Waals surface area contributed by atoms with Crippen LogP contribution in [0.3, 0.4) is 0 Å². The second kappa shape index (κ2) is 6.61. The van der Waals surface area contributed by atoms with Gasteiger partial charge in [-0.25, -0.2) is 9.78 Å². The molecule has 3 rings (SSSR count). The van der Waals surface area contributed by atoms with E-state index in [2.05, 4.69) is 15.0 Å². The predicted octanol–water partition coefficient (Wildman–Crippen LogP) is -0.391. The summed E-state index contributed by atoms with van der Waals surface area (Å²) in [6.07, 6.45) is -0.160. The Hall–Kier alpha value is -2.78. The molecule has 1 aromatic carbocycles.